The molecule has 0 saturated carbocycles. The molecule has 0 N–H and O–H groups in total. The molecule has 3 rings (SSSR count). The summed E-state index contributed by atoms with van der Waals surface area (Å²) in [4.78, 5) is 0. The van der Waals surface area contributed by atoms with Crippen LogP contribution < -0.4 is 0 Å². The second-order valence-electron chi connectivity index (χ2n) is 4.54. The SMILES string of the molecule is CC(Cl)c1cn(Cc2nn(C)c3ccccc23)nn1. The van der Waals surface area contributed by atoms with Crippen molar-refractivity contribution in [2.24, 2.45) is 7.05 Å². The fraction of sp³-hybridized carbons (Fsp3) is 0.308. The molecule has 19 heavy (non-hydrogen) atoms. The molecule has 3 aromatic rings. The van der Waals surface area contributed by atoms with E-state index in [0.717, 1.165) is 22.3 Å². The third-order valence-electron chi connectivity index (χ3n) is 3.11. The summed E-state index contributed by atoms with van der Waals surface area (Å²) in [5, 5.41) is 13.7. The Bertz CT molecular complexity index is 713. The maximum absolute atomic E-state index is 5.98. The van der Waals surface area contributed by atoms with Gasteiger partial charge in [0.1, 0.15) is 5.69 Å². The van der Waals surface area contributed by atoms with Crippen molar-refractivity contribution in [1.29, 1.82) is 0 Å². The number of aryl methyl sites for hydroxylation is 1. The molecule has 2 heterocycles. The van der Waals surface area contributed by atoms with Crippen LogP contribution in [-0.2, 0) is 13.6 Å². The van der Waals surface area contributed by atoms with E-state index >= 15 is 0 Å². The molecule has 0 amide bonds. The molecule has 0 aliphatic carbocycles. The summed E-state index contributed by atoms with van der Waals surface area (Å²) in [6, 6.07) is 8.15. The van der Waals surface area contributed by atoms with Crippen LogP contribution in [0, 0.1) is 0 Å². The van der Waals surface area contributed by atoms with E-state index in [2.05, 4.69) is 27.5 Å². The summed E-state index contributed by atoms with van der Waals surface area (Å²) in [6.07, 6.45) is 1.86. The van der Waals surface area contributed by atoms with Gasteiger partial charge in [-0.05, 0) is 13.0 Å². The smallest absolute Gasteiger partial charge is 0.100 e. The summed E-state index contributed by atoms with van der Waals surface area (Å²) < 4.78 is 3.65. The normalized spacial score (nSPS) is 13.0. The topological polar surface area (TPSA) is 48.5 Å². The lowest BCUT2D eigenvalue weighted by Gasteiger charge is -1.97. The van der Waals surface area contributed by atoms with Crippen LogP contribution in [0.25, 0.3) is 10.9 Å². The molecule has 0 bridgehead atoms. The zero-order chi connectivity index (χ0) is 13.4. The first kappa shape index (κ1) is 12.2. The van der Waals surface area contributed by atoms with Gasteiger partial charge >= 0.3 is 0 Å². The summed E-state index contributed by atoms with van der Waals surface area (Å²) in [6.45, 7) is 2.48. The van der Waals surface area contributed by atoms with Crippen LogP contribution in [0.4, 0.5) is 0 Å². The molecule has 2 aromatic heterocycles. The number of hydrogen-bond acceptors (Lipinski definition) is 3. The molecule has 0 radical (unpaired) electrons. The Morgan fingerprint density at radius 1 is 1.32 bits per heavy atom. The Hall–Kier alpha value is -1.88. The van der Waals surface area contributed by atoms with Crippen LogP contribution in [0.2, 0.25) is 0 Å². The Balaban J connectivity index is 1.96. The summed E-state index contributed by atoms with van der Waals surface area (Å²) in [5.74, 6) is 0. The highest BCUT2D eigenvalue weighted by Crippen LogP contribution is 2.19. The lowest BCUT2D eigenvalue weighted by molar-refractivity contribution is 0.627. The van der Waals surface area contributed by atoms with Crippen molar-refractivity contribution in [2.45, 2.75) is 18.8 Å². The molecule has 1 atom stereocenters. The van der Waals surface area contributed by atoms with E-state index in [0.29, 0.717) is 6.54 Å². The van der Waals surface area contributed by atoms with Crippen LogP contribution in [0.5, 0.6) is 0 Å². The van der Waals surface area contributed by atoms with Gasteiger partial charge in [0.2, 0.25) is 0 Å². The number of halogens is 1. The van der Waals surface area contributed by atoms with E-state index in [1.54, 1.807) is 4.68 Å². The first-order valence-electron chi connectivity index (χ1n) is 6.10. The van der Waals surface area contributed by atoms with Gasteiger partial charge in [0.25, 0.3) is 0 Å². The van der Waals surface area contributed by atoms with Crippen LogP contribution in [0.1, 0.15) is 23.7 Å². The zero-order valence-corrected chi connectivity index (χ0v) is 11.5. The molecule has 0 aliphatic heterocycles. The second-order valence-corrected chi connectivity index (χ2v) is 5.20. The van der Waals surface area contributed by atoms with Crippen LogP contribution >= 0.6 is 11.6 Å². The molecule has 98 valence electrons. The number of alkyl halides is 1. The number of benzene rings is 1. The third-order valence-corrected chi connectivity index (χ3v) is 3.33. The van der Waals surface area contributed by atoms with Crippen LogP contribution in [0.15, 0.2) is 30.5 Å². The van der Waals surface area contributed by atoms with Gasteiger partial charge < -0.3 is 0 Å². The van der Waals surface area contributed by atoms with Gasteiger partial charge in [-0.3, -0.25) is 4.68 Å². The molecule has 0 fully saturated rings. The van der Waals surface area contributed by atoms with Crippen molar-refractivity contribution in [2.75, 3.05) is 0 Å². The number of nitrogens with zero attached hydrogens (tertiary/aromatic N) is 5. The Kier molecular flexibility index (Phi) is 2.98. The first-order chi connectivity index (χ1) is 9.15. The van der Waals surface area contributed by atoms with E-state index in [-0.39, 0.29) is 5.38 Å². The van der Waals surface area contributed by atoms with Gasteiger partial charge in [-0.15, -0.1) is 16.7 Å². The van der Waals surface area contributed by atoms with E-state index in [9.17, 15) is 0 Å². The molecule has 0 saturated heterocycles. The fourth-order valence-corrected chi connectivity index (χ4v) is 2.23. The van der Waals surface area contributed by atoms with Crippen molar-refractivity contribution in [1.82, 2.24) is 24.8 Å². The van der Waals surface area contributed by atoms with E-state index in [1.807, 2.05) is 37.0 Å². The van der Waals surface area contributed by atoms with Gasteiger partial charge in [-0.25, -0.2) is 4.68 Å². The lowest BCUT2D eigenvalue weighted by atomic mass is 10.2. The standard InChI is InChI=1S/C13H14ClN5/c1-9(14)11-7-19(17-15-11)8-12-10-5-3-4-6-13(10)18(2)16-12/h3-7,9H,8H2,1-2H3. The predicted octanol–water partition coefficient (Wildman–Crippen LogP) is 2.51. The number of fused-ring (bicyclic) bond motifs is 1. The fourth-order valence-electron chi connectivity index (χ4n) is 2.13. The van der Waals surface area contributed by atoms with Gasteiger partial charge in [0.05, 0.1) is 29.3 Å². The average Bonchev–Trinajstić information content (AvgIpc) is 2.97. The number of aromatic nitrogens is 5. The largest absolute Gasteiger partial charge is 0.268 e. The van der Waals surface area contributed by atoms with Gasteiger partial charge in [0.15, 0.2) is 0 Å². The minimum Gasteiger partial charge on any atom is -0.268 e. The molecule has 0 spiro atoms. The maximum Gasteiger partial charge on any atom is 0.100 e. The average molecular weight is 276 g/mol. The highest BCUT2D eigenvalue weighted by molar-refractivity contribution is 6.20. The highest BCUT2D eigenvalue weighted by atomic mass is 35.5. The predicted molar refractivity (Wildman–Crippen MR) is 74.1 cm³/mol. The van der Waals surface area contributed by atoms with Crippen LogP contribution in [-0.4, -0.2) is 24.8 Å². The van der Waals surface area contributed by atoms with E-state index in [1.165, 1.54) is 0 Å². The first-order valence-corrected chi connectivity index (χ1v) is 6.53. The summed E-state index contributed by atoms with van der Waals surface area (Å²) in [5.41, 5.74) is 2.88. The lowest BCUT2D eigenvalue weighted by Crippen LogP contribution is -2.02. The summed E-state index contributed by atoms with van der Waals surface area (Å²) in [7, 11) is 1.94. The van der Waals surface area contributed by atoms with Gasteiger partial charge in [-0.1, -0.05) is 23.4 Å². The van der Waals surface area contributed by atoms with E-state index < -0.39 is 0 Å². The van der Waals surface area contributed by atoms with Crippen molar-refractivity contribution in [3.05, 3.63) is 41.9 Å². The Morgan fingerprint density at radius 3 is 2.84 bits per heavy atom. The van der Waals surface area contributed by atoms with Gasteiger partial charge in [0, 0.05) is 12.4 Å². The highest BCUT2D eigenvalue weighted by Gasteiger charge is 2.11. The third kappa shape index (κ3) is 2.21. The van der Waals surface area contributed by atoms with Crippen molar-refractivity contribution in [3.63, 3.8) is 0 Å². The zero-order valence-electron chi connectivity index (χ0n) is 10.8. The molecule has 1 unspecified atom stereocenters. The Labute approximate surface area is 115 Å². The van der Waals surface area contributed by atoms with Crippen molar-refractivity contribution in [3.8, 4) is 0 Å². The van der Waals surface area contributed by atoms with Crippen molar-refractivity contribution < 1.29 is 0 Å². The van der Waals surface area contributed by atoms with Crippen molar-refractivity contribution >= 4 is 22.5 Å². The second kappa shape index (κ2) is 4.66. The molecule has 0 aliphatic rings. The molecule has 6 heteroatoms. The number of rotatable bonds is 3. The quantitative estimate of drug-likeness (QED) is 0.690. The Morgan fingerprint density at radius 2 is 2.11 bits per heavy atom. The summed E-state index contributed by atoms with van der Waals surface area (Å²) >= 11 is 5.98. The maximum atomic E-state index is 5.98. The minimum absolute atomic E-state index is 0.130. The molecular formula is C13H14ClN5. The van der Waals surface area contributed by atoms with E-state index in [4.69, 9.17) is 11.6 Å². The monoisotopic (exact) mass is 275 g/mol. The molecule has 5 nitrogen and oxygen atoms in total. The minimum atomic E-state index is -0.130. The van der Waals surface area contributed by atoms with Gasteiger partial charge in [-0.2, -0.15) is 5.10 Å². The molecule has 1 aromatic carbocycles. The number of hydrogen-bond donors (Lipinski definition) is 0. The van der Waals surface area contributed by atoms with Crippen LogP contribution in [0.3, 0.4) is 0 Å². The molecular weight excluding hydrogens is 262 g/mol. The number of para-hydroxylation sites is 1.